The van der Waals surface area contributed by atoms with Gasteiger partial charge in [0.05, 0.1) is 5.60 Å². The van der Waals surface area contributed by atoms with Gasteiger partial charge < -0.3 is 10.1 Å². The highest BCUT2D eigenvalue weighted by Crippen LogP contribution is 2.40. The number of piperazine rings is 1. The number of nitrogens with zero attached hydrogens (tertiary/aromatic N) is 1. The molecule has 1 N–H and O–H groups in total. The van der Waals surface area contributed by atoms with E-state index < -0.39 is 0 Å². The quantitative estimate of drug-likeness (QED) is 0.843. The van der Waals surface area contributed by atoms with Crippen molar-refractivity contribution in [1.82, 2.24) is 10.2 Å². The van der Waals surface area contributed by atoms with Gasteiger partial charge in [0.25, 0.3) is 0 Å². The molecule has 1 atom stereocenters. The molecule has 21 heavy (non-hydrogen) atoms. The molecule has 0 amide bonds. The SMILES string of the molecule is COC(C)(C)CCN1CC2(CCCCC2)NCC1C1CC1. The number of hydrogen-bond acceptors (Lipinski definition) is 3. The first-order valence-electron chi connectivity index (χ1n) is 9.08. The van der Waals surface area contributed by atoms with Crippen molar-refractivity contribution in [2.45, 2.75) is 82.4 Å². The van der Waals surface area contributed by atoms with Crippen molar-refractivity contribution in [1.29, 1.82) is 0 Å². The fourth-order valence-electron chi connectivity index (χ4n) is 4.28. The van der Waals surface area contributed by atoms with Gasteiger partial charge in [0.2, 0.25) is 0 Å². The van der Waals surface area contributed by atoms with E-state index in [0.29, 0.717) is 5.54 Å². The Hall–Kier alpha value is -0.120. The molecule has 0 aromatic heterocycles. The lowest BCUT2D eigenvalue weighted by atomic mass is 9.79. The summed E-state index contributed by atoms with van der Waals surface area (Å²) in [7, 11) is 1.85. The summed E-state index contributed by atoms with van der Waals surface area (Å²) in [6, 6.07) is 0.783. The highest BCUT2D eigenvalue weighted by molar-refractivity contribution is 5.03. The lowest BCUT2D eigenvalue weighted by Crippen LogP contribution is -2.65. The van der Waals surface area contributed by atoms with Crippen molar-refractivity contribution in [3.05, 3.63) is 0 Å². The Labute approximate surface area is 130 Å². The van der Waals surface area contributed by atoms with Gasteiger partial charge in [-0.2, -0.15) is 0 Å². The van der Waals surface area contributed by atoms with Crippen molar-refractivity contribution in [3.63, 3.8) is 0 Å². The van der Waals surface area contributed by atoms with Crippen LogP contribution in [0.15, 0.2) is 0 Å². The molecule has 3 rings (SSSR count). The highest BCUT2D eigenvalue weighted by Gasteiger charge is 2.44. The topological polar surface area (TPSA) is 24.5 Å². The Morgan fingerprint density at radius 3 is 2.52 bits per heavy atom. The van der Waals surface area contributed by atoms with Gasteiger partial charge in [-0.25, -0.2) is 0 Å². The van der Waals surface area contributed by atoms with Crippen LogP contribution >= 0.6 is 0 Å². The molecule has 3 heteroatoms. The second-order valence-corrected chi connectivity index (χ2v) is 8.31. The van der Waals surface area contributed by atoms with Gasteiger partial charge in [0.15, 0.2) is 0 Å². The average molecular weight is 294 g/mol. The molecule has 2 saturated carbocycles. The summed E-state index contributed by atoms with van der Waals surface area (Å²) in [5.74, 6) is 0.962. The fourth-order valence-corrected chi connectivity index (χ4v) is 4.28. The first-order chi connectivity index (χ1) is 10.0. The van der Waals surface area contributed by atoms with Crippen molar-refractivity contribution in [2.24, 2.45) is 5.92 Å². The minimum Gasteiger partial charge on any atom is -0.379 e. The van der Waals surface area contributed by atoms with Crippen LogP contribution in [0.25, 0.3) is 0 Å². The Kier molecular flexibility index (Phi) is 4.63. The summed E-state index contributed by atoms with van der Waals surface area (Å²) in [5.41, 5.74) is 0.444. The van der Waals surface area contributed by atoms with Crippen LogP contribution < -0.4 is 5.32 Å². The first kappa shape index (κ1) is 15.8. The normalized spacial score (nSPS) is 30.7. The van der Waals surface area contributed by atoms with Gasteiger partial charge in [0.1, 0.15) is 0 Å². The van der Waals surface area contributed by atoms with E-state index in [1.807, 2.05) is 7.11 Å². The van der Waals surface area contributed by atoms with Crippen molar-refractivity contribution in [2.75, 3.05) is 26.7 Å². The zero-order valence-corrected chi connectivity index (χ0v) is 14.3. The highest BCUT2D eigenvalue weighted by atomic mass is 16.5. The minimum atomic E-state index is 0.0126. The number of hydrogen-bond donors (Lipinski definition) is 1. The third-order valence-corrected chi connectivity index (χ3v) is 6.19. The predicted octanol–water partition coefficient (Wildman–Crippen LogP) is 3.19. The lowest BCUT2D eigenvalue weighted by Gasteiger charge is -2.50. The maximum atomic E-state index is 5.63. The Morgan fingerprint density at radius 1 is 1.19 bits per heavy atom. The molecule has 3 fully saturated rings. The second kappa shape index (κ2) is 6.17. The van der Waals surface area contributed by atoms with Crippen molar-refractivity contribution >= 4 is 0 Å². The van der Waals surface area contributed by atoms with Crippen LogP contribution in [0, 0.1) is 5.92 Å². The molecule has 0 aromatic rings. The molecule has 1 aliphatic heterocycles. The molecule has 0 radical (unpaired) electrons. The molecule has 0 aromatic carbocycles. The van der Waals surface area contributed by atoms with E-state index in [-0.39, 0.29) is 5.60 Å². The Morgan fingerprint density at radius 2 is 1.90 bits per heavy atom. The molecule has 1 saturated heterocycles. The van der Waals surface area contributed by atoms with Gasteiger partial charge in [-0.1, -0.05) is 19.3 Å². The molecule has 0 bridgehead atoms. The van der Waals surface area contributed by atoms with Gasteiger partial charge in [-0.05, 0) is 51.9 Å². The van der Waals surface area contributed by atoms with Crippen LogP contribution in [0.1, 0.15) is 65.2 Å². The van der Waals surface area contributed by atoms with Crippen LogP contribution in [0.3, 0.4) is 0 Å². The van der Waals surface area contributed by atoms with E-state index in [0.717, 1.165) is 18.4 Å². The molecule has 2 aliphatic carbocycles. The smallest absolute Gasteiger partial charge is 0.0634 e. The number of methoxy groups -OCH3 is 1. The molecule has 122 valence electrons. The van der Waals surface area contributed by atoms with Crippen molar-refractivity contribution in [3.8, 4) is 0 Å². The van der Waals surface area contributed by atoms with E-state index in [4.69, 9.17) is 4.74 Å². The molecule has 1 heterocycles. The monoisotopic (exact) mass is 294 g/mol. The van der Waals surface area contributed by atoms with Crippen LogP contribution in [-0.2, 0) is 4.74 Å². The van der Waals surface area contributed by atoms with Crippen molar-refractivity contribution < 1.29 is 4.74 Å². The zero-order chi connectivity index (χ0) is 14.9. The predicted molar refractivity (Wildman–Crippen MR) is 87.6 cm³/mol. The third kappa shape index (κ3) is 3.80. The summed E-state index contributed by atoms with van der Waals surface area (Å²) in [6.45, 7) is 8.13. The van der Waals surface area contributed by atoms with Crippen LogP contribution in [0.4, 0.5) is 0 Å². The van der Waals surface area contributed by atoms with Crippen LogP contribution in [0.5, 0.6) is 0 Å². The fraction of sp³-hybridized carbons (Fsp3) is 1.00. The Balaban J connectivity index is 1.63. The summed E-state index contributed by atoms with van der Waals surface area (Å²) in [6.07, 6.45) is 11.1. The summed E-state index contributed by atoms with van der Waals surface area (Å²) in [4.78, 5) is 2.82. The van der Waals surface area contributed by atoms with E-state index in [1.165, 1.54) is 64.6 Å². The first-order valence-corrected chi connectivity index (χ1v) is 9.08. The molecular formula is C18H34N2O. The average Bonchev–Trinajstić information content (AvgIpc) is 3.31. The third-order valence-electron chi connectivity index (χ3n) is 6.19. The van der Waals surface area contributed by atoms with E-state index in [9.17, 15) is 0 Å². The number of nitrogens with one attached hydrogen (secondary N) is 1. The van der Waals surface area contributed by atoms with Gasteiger partial charge >= 0.3 is 0 Å². The Bertz CT molecular complexity index is 345. The summed E-state index contributed by atoms with van der Waals surface area (Å²) in [5, 5.41) is 3.97. The van der Waals surface area contributed by atoms with Gasteiger partial charge in [-0.15, -0.1) is 0 Å². The molecule has 3 aliphatic rings. The van der Waals surface area contributed by atoms with Crippen LogP contribution in [-0.4, -0.2) is 48.8 Å². The number of ether oxygens (including phenoxy) is 1. The molecule has 1 unspecified atom stereocenters. The van der Waals surface area contributed by atoms with E-state index in [1.54, 1.807) is 0 Å². The van der Waals surface area contributed by atoms with Crippen LogP contribution in [0.2, 0.25) is 0 Å². The summed E-state index contributed by atoms with van der Waals surface area (Å²) < 4.78 is 5.63. The van der Waals surface area contributed by atoms with E-state index >= 15 is 0 Å². The summed E-state index contributed by atoms with van der Waals surface area (Å²) >= 11 is 0. The molecular weight excluding hydrogens is 260 g/mol. The lowest BCUT2D eigenvalue weighted by molar-refractivity contribution is -0.0121. The minimum absolute atomic E-state index is 0.0126. The van der Waals surface area contributed by atoms with Gasteiger partial charge in [-0.3, -0.25) is 4.90 Å². The maximum Gasteiger partial charge on any atom is 0.0634 e. The van der Waals surface area contributed by atoms with Gasteiger partial charge in [0, 0.05) is 38.3 Å². The van der Waals surface area contributed by atoms with E-state index in [2.05, 4.69) is 24.1 Å². The maximum absolute atomic E-state index is 5.63. The standard InChI is InChI=1S/C18H34N2O/c1-17(2,21-3)11-12-20-14-18(9-5-4-6-10-18)19-13-16(20)15-7-8-15/h15-16,19H,4-14H2,1-3H3. The largest absolute Gasteiger partial charge is 0.379 e. The zero-order valence-electron chi connectivity index (χ0n) is 14.3. The molecule has 3 nitrogen and oxygen atoms in total. The molecule has 1 spiro atoms. The number of rotatable bonds is 5. The second-order valence-electron chi connectivity index (χ2n) is 8.31.